The van der Waals surface area contributed by atoms with E-state index in [-0.39, 0.29) is 26.8 Å². The van der Waals surface area contributed by atoms with Crippen LogP contribution in [-0.2, 0) is 14.3 Å². The number of aliphatic hydroxyl groups is 1. The Balaban J connectivity index is 0.000000438. The molecule has 12 nitrogen and oxygen atoms in total. The number of anilines is 3. The smallest absolute Gasteiger partial charge is 0.444 e. The van der Waals surface area contributed by atoms with Crippen LogP contribution in [-0.4, -0.2) is 103 Å². The summed E-state index contributed by atoms with van der Waals surface area (Å²) in [5.74, 6) is -0.312. The molecule has 1 aliphatic rings. The maximum atomic E-state index is 15.3. The fourth-order valence-corrected chi connectivity index (χ4v) is 5.57. The number of hydrogen-bond acceptors (Lipinski definition) is 11. The molecule has 2 amide bonds. The summed E-state index contributed by atoms with van der Waals surface area (Å²) in [6.07, 6.45) is -3.29. The molecule has 0 bridgehead atoms. The third-order valence-electron chi connectivity index (χ3n) is 7.99. The molecule has 1 fully saturated rings. The summed E-state index contributed by atoms with van der Waals surface area (Å²) in [7, 11) is 1.86. The van der Waals surface area contributed by atoms with Crippen molar-refractivity contribution in [1.82, 2.24) is 14.9 Å². The van der Waals surface area contributed by atoms with Crippen LogP contribution in [0.2, 0.25) is 5.02 Å². The maximum absolute atomic E-state index is 15.3. The topological polar surface area (TPSA) is 146 Å². The first-order valence-corrected chi connectivity index (χ1v) is 20.5. The molecule has 57 heavy (non-hydrogen) atoms. The quantitative estimate of drug-likeness (QED) is 0.0693. The second-order valence-electron chi connectivity index (χ2n) is 14.9. The number of nitrogens with two attached hydrogens (primary N) is 1. The highest BCUT2D eigenvalue weighted by Gasteiger charge is 2.38. The van der Waals surface area contributed by atoms with Crippen molar-refractivity contribution in [1.29, 1.82) is 0 Å². The predicted octanol–water partition coefficient (Wildman–Crippen LogP) is 8.92. The summed E-state index contributed by atoms with van der Waals surface area (Å²) in [6, 6.07) is 7.39. The van der Waals surface area contributed by atoms with E-state index in [1.165, 1.54) is 24.3 Å². The van der Waals surface area contributed by atoms with Gasteiger partial charge in [0.15, 0.2) is 5.82 Å². The van der Waals surface area contributed by atoms with Crippen LogP contribution in [0.5, 0.6) is 0 Å². The molecule has 1 aromatic heterocycles. The number of aromatic nitrogens is 2. The van der Waals surface area contributed by atoms with Crippen LogP contribution in [0.3, 0.4) is 0 Å². The van der Waals surface area contributed by atoms with Crippen molar-refractivity contribution in [3.05, 3.63) is 45.6 Å². The van der Waals surface area contributed by atoms with E-state index in [4.69, 9.17) is 36.3 Å². The summed E-state index contributed by atoms with van der Waals surface area (Å²) >= 11 is 10.5. The molecule has 0 atom stereocenters. The van der Waals surface area contributed by atoms with Gasteiger partial charge in [-0.1, -0.05) is 39.3 Å². The van der Waals surface area contributed by atoms with E-state index in [9.17, 15) is 22.8 Å². The van der Waals surface area contributed by atoms with Gasteiger partial charge in [-0.2, -0.15) is 18.2 Å². The van der Waals surface area contributed by atoms with Gasteiger partial charge in [0.05, 0.1) is 16.1 Å². The number of benzene rings is 2. The average molecular weight is 913 g/mol. The molecule has 2 aromatic carbocycles. The summed E-state index contributed by atoms with van der Waals surface area (Å²) in [5, 5.41) is 15.9. The molecule has 19 heteroatoms. The number of carbonyl (C=O) groups excluding carboxylic acids is 2. The van der Waals surface area contributed by atoms with Gasteiger partial charge in [0.1, 0.15) is 16.9 Å². The Morgan fingerprint density at radius 3 is 2.12 bits per heavy atom. The van der Waals surface area contributed by atoms with E-state index in [1.54, 1.807) is 16.3 Å². The number of fused-ring (bicyclic) bond motifs is 1. The van der Waals surface area contributed by atoms with Crippen molar-refractivity contribution in [2.75, 3.05) is 74.7 Å². The van der Waals surface area contributed by atoms with Crippen LogP contribution in [0.15, 0.2) is 39.7 Å². The second-order valence-corrected chi connectivity index (χ2v) is 16.8. The Kier molecular flexibility index (Phi) is 20.6. The van der Waals surface area contributed by atoms with Gasteiger partial charge in [-0.3, -0.25) is 9.93 Å². The largest absolute Gasteiger partial charge is 0.471 e. The number of carbonyl (C=O) groups is 2. The van der Waals surface area contributed by atoms with Gasteiger partial charge in [0.25, 0.3) is 0 Å². The van der Waals surface area contributed by atoms with Crippen molar-refractivity contribution in [2.45, 2.75) is 78.0 Å². The number of hydrogen-bond donors (Lipinski definition) is 3. The van der Waals surface area contributed by atoms with Crippen molar-refractivity contribution >= 4 is 79.8 Å². The number of rotatable bonds is 12. The maximum Gasteiger partial charge on any atom is 0.471 e. The Morgan fingerprint density at radius 2 is 1.63 bits per heavy atom. The van der Waals surface area contributed by atoms with Crippen LogP contribution in [0, 0.1) is 17.7 Å². The number of amides is 2. The number of nitrogens with one attached hydrogen (secondary N) is 1. The fraction of sp³-hybridized carbons (Fsp3) is 0.579. The first kappa shape index (κ1) is 50.0. The van der Waals surface area contributed by atoms with Crippen LogP contribution >= 0.6 is 39.5 Å². The highest BCUT2D eigenvalue weighted by molar-refractivity contribution is 9.10. The number of nitrogens with zero attached hydrogens (tertiary/aromatic N) is 5. The van der Waals surface area contributed by atoms with Crippen LogP contribution in [0.1, 0.15) is 61.3 Å². The van der Waals surface area contributed by atoms with Gasteiger partial charge in [0.2, 0.25) is 5.95 Å². The van der Waals surface area contributed by atoms with Crippen molar-refractivity contribution in [3.8, 4) is 0 Å². The van der Waals surface area contributed by atoms with E-state index in [0.717, 1.165) is 24.8 Å². The Morgan fingerprint density at radius 1 is 1.04 bits per heavy atom. The number of ether oxygens (including phenoxy) is 2. The first-order chi connectivity index (χ1) is 26.6. The van der Waals surface area contributed by atoms with Crippen LogP contribution in [0.25, 0.3) is 10.9 Å². The minimum atomic E-state index is -4.87. The van der Waals surface area contributed by atoms with Crippen molar-refractivity contribution in [2.24, 2.45) is 17.0 Å². The normalized spacial score (nSPS) is 13.2. The minimum Gasteiger partial charge on any atom is -0.444 e. The molecule has 0 unspecified atom stereocenters. The number of likely N-dealkylation sites (N-methyl/N-ethyl adjacent to an activating group) is 1. The zero-order chi connectivity index (χ0) is 43.1. The van der Waals surface area contributed by atoms with Crippen molar-refractivity contribution < 1.29 is 41.7 Å². The highest BCUT2D eigenvalue weighted by atomic mass is 79.9. The predicted molar refractivity (Wildman–Crippen MR) is 223 cm³/mol. The summed E-state index contributed by atoms with van der Waals surface area (Å²) in [5.41, 5.74) is -0.292. The lowest BCUT2D eigenvalue weighted by Crippen LogP contribution is -2.50. The highest BCUT2D eigenvalue weighted by Crippen LogP contribution is 2.36. The summed E-state index contributed by atoms with van der Waals surface area (Å²) < 4.78 is 62.2. The molecule has 1 saturated heterocycles. The van der Waals surface area contributed by atoms with Gasteiger partial charge < -0.3 is 34.6 Å². The van der Waals surface area contributed by atoms with Gasteiger partial charge in [-0.05, 0) is 104 Å². The van der Waals surface area contributed by atoms with E-state index >= 15 is 4.39 Å². The molecule has 3 aromatic rings. The van der Waals surface area contributed by atoms with Crippen molar-refractivity contribution in [3.63, 3.8) is 0 Å². The Labute approximate surface area is 350 Å². The van der Waals surface area contributed by atoms with E-state index in [2.05, 4.69) is 48.6 Å². The Bertz CT molecular complexity index is 1730. The van der Waals surface area contributed by atoms with Gasteiger partial charge in [0, 0.05) is 69.0 Å². The van der Waals surface area contributed by atoms with Crippen LogP contribution in [0.4, 0.5) is 39.8 Å². The Hall–Kier alpha value is -3.16. The summed E-state index contributed by atoms with van der Waals surface area (Å²) in [6.45, 7) is 18.1. The first-order valence-electron chi connectivity index (χ1n) is 18.4. The fourth-order valence-electron chi connectivity index (χ4n) is 4.78. The third kappa shape index (κ3) is 17.3. The minimum absolute atomic E-state index is 0.0788. The van der Waals surface area contributed by atoms with E-state index < -0.39 is 23.5 Å². The number of halogens is 6. The molecule has 0 aliphatic carbocycles. The molecule has 320 valence electrons. The zero-order valence-electron chi connectivity index (χ0n) is 33.7. The molecule has 2 heterocycles. The van der Waals surface area contributed by atoms with Crippen LogP contribution < -0.4 is 20.3 Å². The second kappa shape index (κ2) is 23.4. The SMILES string of the molecule is CC(C)CCO.CC(C)CCOCCN(C)c1nc(N2CCN(C(=O)OC(C)(C)C)CC2)c2cc(Cl)c(Br)c(F)c2n1.NSc1ccc(NC(=O)C(F)(F)F)cc1. The molecular weight excluding hydrogens is 858 g/mol. The standard InChI is InChI=1S/C25H36BrClFN5O3.C8H7F3N2OS.C5H12O/c1-16(2)7-13-35-14-12-31(6)23-29-21-17(15-18(27)19(26)20(21)28)22(30-23)32-8-10-33(11-9-32)24(34)36-25(3,4)5;9-8(10,11)7(14)13-5-1-3-6(15-12)4-2-5;1-5(2)3-4-6/h15-16H,7-14H2,1-6H3;1-4H,12H2,(H,13,14);5-6H,3-4H2,1-2H3. The molecular formula is C38H55BrClF4N7O5S. The molecule has 0 spiro atoms. The number of alkyl halides is 3. The summed E-state index contributed by atoms with van der Waals surface area (Å²) in [4.78, 5) is 38.6. The lowest BCUT2D eigenvalue weighted by Gasteiger charge is -2.36. The lowest BCUT2D eigenvalue weighted by atomic mass is 10.1. The molecule has 4 N–H and O–H groups in total. The van der Waals surface area contributed by atoms with E-state index in [1.807, 2.05) is 37.6 Å². The molecule has 0 radical (unpaired) electrons. The van der Waals surface area contributed by atoms with Gasteiger partial charge >= 0.3 is 18.2 Å². The monoisotopic (exact) mass is 911 g/mol. The third-order valence-corrected chi connectivity index (χ3v) is 9.84. The lowest BCUT2D eigenvalue weighted by molar-refractivity contribution is -0.167. The average Bonchev–Trinajstić information content (AvgIpc) is 3.13. The number of piperazine rings is 1. The van der Waals surface area contributed by atoms with Gasteiger partial charge in [-0.25, -0.2) is 14.2 Å². The molecule has 0 saturated carbocycles. The van der Waals surface area contributed by atoms with E-state index in [0.29, 0.717) is 86.4 Å². The number of aliphatic hydroxyl groups excluding tert-OH is 1. The van der Waals surface area contributed by atoms with Gasteiger partial charge in [-0.15, -0.1) is 0 Å². The molecule has 1 aliphatic heterocycles. The molecule has 4 rings (SSSR count). The zero-order valence-corrected chi connectivity index (χ0v) is 36.8.